The van der Waals surface area contributed by atoms with Crippen molar-refractivity contribution in [3.05, 3.63) is 66.1 Å². The first-order chi connectivity index (χ1) is 14.3. The van der Waals surface area contributed by atoms with Gasteiger partial charge in [-0.3, -0.25) is 4.79 Å². The Morgan fingerprint density at radius 2 is 1.77 bits per heavy atom. The van der Waals surface area contributed by atoms with Crippen LogP contribution >= 0.6 is 0 Å². The average Bonchev–Trinajstić information content (AvgIpc) is 3.00. The monoisotopic (exact) mass is 551 g/mol. The van der Waals surface area contributed by atoms with E-state index < -0.39 is 24.6 Å². The normalized spacial score (nSPS) is 13.5. The van der Waals surface area contributed by atoms with E-state index in [1.165, 1.54) is 12.1 Å². The number of aromatic nitrogens is 1. The summed E-state index contributed by atoms with van der Waals surface area (Å²) in [5.74, 6) is -1.43. The van der Waals surface area contributed by atoms with E-state index in [4.69, 9.17) is 5.11 Å². The second-order valence-corrected chi connectivity index (χ2v) is 7.66. The standard InChI is InChI=1S/C24H26FNO4.Ba.2H/c1-15(2)26-21-6-4-3-5-20(21)24(16-7-9-17(25)10-8-16)22(26)12-11-18(27)13-19(28)14-23(29)30;;;/h3-12,15,18-19,27-28H,13-14H2,1-2H3,(H,29,30);;;/q;+2;2*-1/t18-,19-;;;/m0.../s1. The molecule has 3 rings (SSSR count). The Hall–Kier alpha value is -1.39. The third-order valence-corrected chi connectivity index (χ3v) is 5.00. The van der Waals surface area contributed by atoms with E-state index in [2.05, 4.69) is 18.4 Å². The van der Waals surface area contributed by atoms with E-state index in [0.717, 1.165) is 27.7 Å². The van der Waals surface area contributed by atoms with Gasteiger partial charge in [0.1, 0.15) is 5.82 Å². The number of carboxylic acids is 1. The Kier molecular flexibility index (Phi) is 9.57. The molecule has 0 saturated carbocycles. The fraction of sp³-hybridized carbons (Fsp3) is 0.292. The minimum Gasteiger partial charge on any atom is -1.00 e. The van der Waals surface area contributed by atoms with Crippen molar-refractivity contribution in [3.8, 4) is 11.1 Å². The number of aliphatic carboxylic acids is 1. The number of aliphatic hydroxyl groups is 2. The van der Waals surface area contributed by atoms with Crippen LogP contribution in [0.2, 0.25) is 0 Å². The van der Waals surface area contributed by atoms with E-state index in [9.17, 15) is 19.4 Å². The van der Waals surface area contributed by atoms with Gasteiger partial charge >= 0.3 is 54.9 Å². The summed E-state index contributed by atoms with van der Waals surface area (Å²) >= 11 is 0. The number of fused-ring (bicyclic) bond motifs is 1. The van der Waals surface area contributed by atoms with Crippen LogP contribution in [-0.2, 0) is 4.79 Å². The van der Waals surface area contributed by atoms with Crippen molar-refractivity contribution < 1.29 is 27.4 Å². The van der Waals surface area contributed by atoms with Gasteiger partial charge in [-0.05, 0) is 43.7 Å². The molecule has 0 saturated heterocycles. The van der Waals surface area contributed by atoms with Crippen molar-refractivity contribution in [2.75, 3.05) is 0 Å². The van der Waals surface area contributed by atoms with Crippen LogP contribution in [0.4, 0.5) is 4.39 Å². The Balaban J connectivity index is 0.00000341. The SMILES string of the molecule is CC(C)n1c(C=C[C@H](O)C[C@H](O)CC(=O)O)c(-c2ccc(F)cc2)c2ccccc21.[Ba+2].[H-].[H-]. The summed E-state index contributed by atoms with van der Waals surface area (Å²) < 4.78 is 15.6. The molecule has 7 heteroatoms. The number of para-hydroxylation sites is 1. The third kappa shape index (κ3) is 6.32. The zero-order chi connectivity index (χ0) is 21.8. The van der Waals surface area contributed by atoms with E-state index in [1.807, 2.05) is 24.3 Å². The molecule has 0 radical (unpaired) electrons. The van der Waals surface area contributed by atoms with E-state index >= 15 is 0 Å². The van der Waals surface area contributed by atoms with Gasteiger partial charge in [-0.1, -0.05) is 36.4 Å². The Labute approximate surface area is 224 Å². The molecule has 1 aromatic heterocycles. The van der Waals surface area contributed by atoms with Crippen LogP contribution in [-0.4, -0.2) is 86.9 Å². The number of hydrogen-bond donors (Lipinski definition) is 3. The van der Waals surface area contributed by atoms with Gasteiger partial charge in [-0.25, -0.2) is 4.39 Å². The van der Waals surface area contributed by atoms with Crippen molar-refractivity contribution >= 4 is 71.8 Å². The van der Waals surface area contributed by atoms with Gasteiger partial charge in [0.2, 0.25) is 0 Å². The van der Waals surface area contributed by atoms with Crippen molar-refractivity contribution in [2.45, 2.75) is 44.9 Å². The van der Waals surface area contributed by atoms with Gasteiger partial charge in [0.25, 0.3) is 0 Å². The predicted molar refractivity (Wildman–Crippen MR) is 124 cm³/mol. The second kappa shape index (κ2) is 11.5. The number of carboxylic acid groups (broad SMARTS) is 1. The molecule has 3 aromatic rings. The topological polar surface area (TPSA) is 82.7 Å². The third-order valence-electron chi connectivity index (χ3n) is 5.00. The molecule has 0 aliphatic carbocycles. The van der Waals surface area contributed by atoms with Crippen LogP contribution in [0.5, 0.6) is 0 Å². The Bertz CT molecular complexity index is 1070. The zero-order valence-corrected chi connectivity index (χ0v) is 22.1. The molecule has 5 nitrogen and oxygen atoms in total. The number of benzene rings is 2. The number of nitrogens with zero attached hydrogens (tertiary/aromatic N) is 1. The van der Waals surface area contributed by atoms with Gasteiger partial charge in [-0.15, -0.1) is 0 Å². The molecule has 0 unspecified atom stereocenters. The number of rotatable bonds is 8. The van der Waals surface area contributed by atoms with Crippen molar-refractivity contribution in [3.63, 3.8) is 0 Å². The molecular weight excluding hydrogens is 523 g/mol. The van der Waals surface area contributed by atoms with Crippen molar-refractivity contribution in [1.82, 2.24) is 4.57 Å². The molecule has 0 amide bonds. The minimum atomic E-state index is -1.13. The maximum atomic E-state index is 13.5. The number of halogens is 1. The van der Waals surface area contributed by atoms with E-state index in [1.54, 1.807) is 24.3 Å². The smallest absolute Gasteiger partial charge is 1.00 e. The summed E-state index contributed by atoms with van der Waals surface area (Å²) in [6.07, 6.45) is 0.727. The summed E-state index contributed by atoms with van der Waals surface area (Å²) in [4.78, 5) is 10.7. The van der Waals surface area contributed by atoms with Crippen LogP contribution < -0.4 is 0 Å². The number of aliphatic hydroxyl groups excluding tert-OH is 2. The summed E-state index contributed by atoms with van der Waals surface area (Å²) in [7, 11) is 0. The average molecular weight is 551 g/mol. The van der Waals surface area contributed by atoms with Crippen LogP contribution in [0.25, 0.3) is 28.1 Å². The Morgan fingerprint density at radius 1 is 1.13 bits per heavy atom. The van der Waals surface area contributed by atoms with Gasteiger partial charge in [0.05, 0.1) is 18.6 Å². The molecule has 0 aliphatic rings. The maximum Gasteiger partial charge on any atom is 2.00 e. The summed E-state index contributed by atoms with van der Waals surface area (Å²) in [5, 5.41) is 29.9. The van der Waals surface area contributed by atoms with Crippen LogP contribution in [0.15, 0.2) is 54.6 Å². The first-order valence-electron chi connectivity index (χ1n) is 9.93. The fourth-order valence-corrected chi connectivity index (χ4v) is 3.77. The van der Waals surface area contributed by atoms with Crippen molar-refractivity contribution in [2.24, 2.45) is 0 Å². The Morgan fingerprint density at radius 3 is 2.39 bits per heavy atom. The van der Waals surface area contributed by atoms with Crippen molar-refractivity contribution in [1.29, 1.82) is 0 Å². The summed E-state index contributed by atoms with van der Waals surface area (Å²) in [6, 6.07) is 14.4. The van der Waals surface area contributed by atoms with Crippen LogP contribution in [0.3, 0.4) is 0 Å². The summed E-state index contributed by atoms with van der Waals surface area (Å²) in [5.41, 5.74) is 3.65. The largest absolute Gasteiger partial charge is 2.00 e. The molecule has 1 heterocycles. The first kappa shape index (κ1) is 25.9. The molecule has 2 atom stereocenters. The summed E-state index contributed by atoms with van der Waals surface area (Å²) in [6.45, 7) is 4.12. The van der Waals surface area contributed by atoms with E-state index in [-0.39, 0.29) is 70.0 Å². The van der Waals surface area contributed by atoms with Gasteiger partial charge in [0, 0.05) is 34.6 Å². The fourth-order valence-electron chi connectivity index (χ4n) is 3.77. The molecule has 31 heavy (non-hydrogen) atoms. The second-order valence-electron chi connectivity index (χ2n) is 7.66. The molecular formula is C24H28BaFNO4. The number of carbonyl (C=O) groups is 1. The van der Waals surface area contributed by atoms with Gasteiger partial charge in [0.15, 0.2) is 0 Å². The first-order valence-corrected chi connectivity index (χ1v) is 9.93. The predicted octanol–water partition coefficient (Wildman–Crippen LogP) is 4.47. The molecule has 0 fully saturated rings. The molecule has 0 aliphatic heterocycles. The van der Waals surface area contributed by atoms with Gasteiger partial charge in [-0.2, -0.15) is 0 Å². The minimum absolute atomic E-state index is 0. The van der Waals surface area contributed by atoms with E-state index in [0.29, 0.717) is 0 Å². The van der Waals surface area contributed by atoms with Crippen LogP contribution in [0.1, 0.15) is 41.3 Å². The zero-order valence-electron chi connectivity index (χ0n) is 19.7. The maximum absolute atomic E-state index is 13.5. The molecule has 2 aromatic carbocycles. The quantitative estimate of drug-likeness (QED) is 0.362. The van der Waals surface area contributed by atoms with Gasteiger partial charge < -0.3 is 22.7 Å². The molecule has 162 valence electrons. The van der Waals surface area contributed by atoms with Crippen LogP contribution in [0, 0.1) is 5.82 Å². The molecule has 0 spiro atoms. The number of hydrogen-bond acceptors (Lipinski definition) is 3. The molecule has 3 N–H and O–H groups in total. The molecule has 0 bridgehead atoms.